The molecule has 0 radical (unpaired) electrons. The van der Waals surface area contributed by atoms with Crippen molar-refractivity contribution >= 4 is 60.7 Å². The second kappa shape index (κ2) is 9.90. The zero-order chi connectivity index (χ0) is 24.4. The first-order valence-electron chi connectivity index (χ1n) is 10.8. The normalized spacial score (nSPS) is 11.9. The van der Waals surface area contributed by atoms with Crippen molar-refractivity contribution in [3.05, 3.63) is 74.6 Å². The largest absolute Gasteiger partial charge is 0.326 e. The molecule has 174 valence electrons. The molecule has 1 unspecified atom stereocenters. The fraction of sp³-hybridized carbons (Fsp3) is 0.200. The summed E-state index contributed by atoms with van der Waals surface area (Å²) >= 11 is 4.97. The summed E-state index contributed by atoms with van der Waals surface area (Å²) in [6.45, 7) is 5.15. The molecule has 9 heteroatoms. The highest BCUT2D eigenvalue weighted by molar-refractivity contribution is 9.10. The van der Waals surface area contributed by atoms with Gasteiger partial charge < -0.3 is 10.6 Å². The van der Waals surface area contributed by atoms with E-state index in [1.54, 1.807) is 31.2 Å². The van der Waals surface area contributed by atoms with E-state index < -0.39 is 6.04 Å². The van der Waals surface area contributed by atoms with Gasteiger partial charge in [0.05, 0.1) is 11.7 Å². The molecule has 2 amide bonds. The van der Waals surface area contributed by atoms with Crippen LogP contribution in [0.5, 0.6) is 0 Å². The number of rotatable bonds is 6. The first-order chi connectivity index (χ1) is 16.3. The fourth-order valence-corrected chi connectivity index (χ4v) is 5.07. The smallest absolute Gasteiger partial charge is 0.263 e. The highest BCUT2D eigenvalue weighted by Gasteiger charge is 2.22. The van der Waals surface area contributed by atoms with E-state index >= 15 is 0 Å². The van der Waals surface area contributed by atoms with Crippen molar-refractivity contribution in [1.29, 1.82) is 0 Å². The van der Waals surface area contributed by atoms with Crippen molar-refractivity contribution < 1.29 is 9.59 Å². The molecule has 2 N–H and O–H groups in total. The lowest BCUT2D eigenvalue weighted by molar-refractivity contribution is -0.119. The van der Waals surface area contributed by atoms with Crippen LogP contribution in [0.15, 0.2) is 64.1 Å². The molecule has 2 aromatic carbocycles. The van der Waals surface area contributed by atoms with E-state index in [2.05, 4.69) is 38.5 Å². The summed E-state index contributed by atoms with van der Waals surface area (Å²) in [5.74, 6) is -0.512. The van der Waals surface area contributed by atoms with Gasteiger partial charge in [0.2, 0.25) is 11.8 Å². The second-order valence-electron chi connectivity index (χ2n) is 7.82. The van der Waals surface area contributed by atoms with Gasteiger partial charge in [-0.05, 0) is 55.3 Å². The minimum Gasteiger partial charge on any atom is -0.326 e. The van der Waals surface area contributed by atoms with Crippen molar-refractivity contribution in [1.82, 2.24) is 9.55 Å². The summed E-state index contributed by atoms with van der Waals surface area (Å²) in [6, 6.07) is 13.8. The SMILES string of the molecule is CCc1sc2ncn(C(C)C(=O)Nc3ccc(NC(C)=O)cc3)c(=O)c2c1-c1ccc(Br)cc1. The molecule has 0 aliphatic heterocycles. The molecule has 2 aromatic heterocycles. The lowest BCUT2D eigenvalue weighted by Gasteiger charge is -2.15. The van der Waals surface area contributed by atoms with Gasteiger partial charge in [0.1, 0.15) is 10.9 Å². The van der Waals surface area contributed by atoms with E-state index in [-0.39, 0.29) is 17.4 Å². The van der Waals surface area contributed by atoms with Crippen molar-refractivity contribution in [2.75, 3.05) is 10.6 Å². The number of aromatic nitrogens is 2. The summed E-state index contributed by atoms with van der Waals surface area (Å²) in [5.41, 5.74) is 2.77. The quantitative estimate of drug-likeness (QED) is 0.333. The van der Waals surface area contributed by atoms with Gasteiger partial charge in [-0.25, -0.2) is 4.98 Å². The maximum absolute atomic E-state index is 13.6. The summed E-state index contributed by atoms with van der Waals surface area (Å²) in [6.07, 6.45) is 2.21. The number of anilines is 2. The third-order valence-electron chi connectivity index (χ3n) is 5.43. The van der Waals surface area contributed by atoms with Crippen LogP contribution in [0.25, 0.3) is 21.3 Å². The van der Waals surface area contributed by atoms with Gasteiger partial charge in [-0.1, -0.05) is 35.0 Å². The second-order valence-corrected chi connectivity index (χ2v) is 9.82. The molecular weight excluding hydrogens is 516 g/mol. The molecule has 0 spiro atoms. The van der Waals surface area contributed by atoms with Crippen LogP contribution in [-0.4, -0.2) is 21.4 Å². The number of halogens is 1. The van der Waals surface area contributed by atoms with Crippen molar-refractivity contribution in [2.24, 2.45) is 0 Å². The van der Waals surface area contributed by atoms with E-state index in [9.17, 15) is 14.4 Å². The number of aryl methyl sites for hydroxylation is 1. The van der Waals surface area contributed by atoms with Gasteiger partial charge >= 0.3 is 0 Å². The van der Waals surface area contributed by atoms with E-state index in [0.29, 0.717) is 21.6 Å². The predicted octanol–water partition coefficient (Wildman–Crippen LogP) is 5.61. The Morgan fingerprint density at radius 3 is 2.26 bits per heavy atom. The molecular formula is C25H23BrN4O3S. The third kappa shape index (κ3) is 4.80. The first kappa shape index (κ1) is 23.8. The summed E-state index contributed by atoms with van der Waals surface area (Å²) in [5, 5.41) is 6.04. The van der Waals surface area contributed by atoms with E-state index in [4.69, 9.17) is 0 Å². The van der Waals surface area contributed by atoms with Crippen LogP contribution >= 0.6 is 27.3 Å². The van der Waals surface area contributed by atoms with E-state index in [1.807, 2.05) is 24.3 Å². The molecule has 0 fully saturated rings. The molecule has 2 heterocycles. The number of carbonyl (C=O) groups is 2. The fourth-order valence-electron chi connectivity index (χ4n) is 3.71. The minimum absolute atomic E-state index is 0.171. The highest BCUT2D eigenvalue weighted by atomic mass is 79.9. The first-order valence-corrected chi connectivity index (χ1v) is 12.4. The Bertz CT molecular complexity index is 1430. The maximum atomic E-state index is 13.6. The van der Waals surface area contributed by atoms with Crippen molar-refractivity contribution in [3.63, 3.8) is 0 Å². The maximum Gasteiger partial charge on any atom is 0.263 e. The van der Waals surface area contributed by atoms with Crippen LogP contribution in [0, 0.1) is 0 Å². The van der Waals surface area contributed by atoms with Gasteiger partial charge in [-0.15, -0.1) is 11.3 Å². The molecule has 1 atom stereocenters. The Balaban J connectivity index is 1.67. The minimum atomic E-state index is -0.776. The zero-order valence-electron chi connectivity index (χ0n) is 18.9. The van der Waals surface area contributed by atoms with Crippen LogP contribution < -0.4 is 16.2 Å². The topological polar surface area (TPSA) is 93.1 Å². The number of thiophene rings is 1. The Morgan fingerprint density at radius 1 is 1.06 bits per heavy atom. The Hall–Kier alpha value is -3.30. The molecule has 0 saturated heterocycles. The Kier molecular flexibility index (Phi) is 6.95. The average Bonchev–Trinajstić information content (AvgIpc) is 3.20. The van der Waals surface area contributed by atoms with Gasteiger partial charge in [-0.2, -0.15) is 0 Å². The predicted molar refractivity (Wildman–Crippen MR) is 140 cm³/mol. The van der Waals surface area contributed by atoms with Crippen LogP contribution in [0.1, 0.15) is 31.7 Å². The number of fused-ring (bicyclic) bond motifs is 1. The monoisotopic (exact) mass is 538 g/mol. The van der Waals surface area contributed by atoms with Crippen LogP contribution in [-0.2, 0) is 16.0 Å². The molecule has 34 heavy (non-hydrogen) atoms. The molecule has 7 nitrogen and oxygen atoms in total. The van der Waals surface area contributed by atoms with Gasteiger partial charge in [0, 0.05) is 33.2 Å². The number of hydrogen-bond donors (Lipinski definition) is 2. The standard InChI is InChI=1S/C25H23BrN4O3S/c1-4-20-21(16-5-7-17(26)8-6-16)22-24(34-20)27-13-30(25(22)33)14(2)23(32)29-19-11-9-18(10-12-19)28-15(3)31/h5-14H,4H2,1-3H3,(H,28,31)(H,29,32). The number of amides is 2. The van der Waals surface area contributed by atoms with Crippen molar-refractivity contribution in [2.45, 2.75) is 33.2 Å². The van der Waals surface area contributed by atoms with E-state index in [0.717, 1.165) is 26.9 Å². The van der Waals surface area contributed by atoms with Gasteiger partial charge in [0.25, 0.3) is 5.56 Å². The van der Waals surface area contributed by atoms with Crippen molar-refractivity contribution in [3.8, 4) is 11.1 Å². The number of benzene rings is 2. The number of nitrogens with zero attached hydrogens (tertiary/aromatic N) is 2. The highest BCUT2D eigenvalue weighted by Crippen LogP contribution is 2.37. The number of carbonyl (C=O) groups excluding carboxylic acids is 2. The number of nitrogens with one attached hydrogen (secondary N) is 2. The van der Waals surface area contributed by atoms with Crippen LogP contribution in [0.2, 0.25) is 0 Å². The van der Waals surface area contributed by atoms with E-state index in [1.165, 1.54) is 29.2 Å². The zero-order valence-corrected chi connectivity index (χ0v) is 21.3. The molecule has 4 rings (SSSR count). The molecule has 4 aromatic rings. The summed E-state index contributed by atoms with van der Waals surface area (Å²) < 4.78 is 2.33. The number of hydrogen-bond acceptors (Lipinski definition) is 5. The lowest BCUT2D eigenvalue weighted by atomic mass is 10.0. The average molecular weight is 539 g/mol. The Morgan fingerprint density at radius 2 is 1.68 bits per heavy atom. The lowest BCUT2D eigenvalue weighted by Crippen LogP contribution is -2.31. The van der Waals surface area contributed by atoms with Crippen LogP contribution in [0.4, 0.5) is 11.4 Å². The molecule has 0 aliphatic rings. The molecule has 0 saturated carbocycles. The van der Waals surface area contributed by atoms with Gasteiger partial charge in [0.15, 0.2) is 0 Å². The molecule has 0 aliphatic carbocycles. The Labute approximate surface area is 209 Å². The summed E-state index contributed by atoms with van der Waals surface area (Å²) in [7, 11) is 0. The summed E-state index contributed by atoms with van der Waals surface area (Å²) in [4.78, 5) is 43.9. The third-order valence-corrected chi connectivity index (χ3v) is 7.20. The van der Waals surface area contributed by atoms with Crippen LogP contribution in [0.3, 0.4) is 0 Å². The van der Waals surface area contributed by atoms with Gasteiger partial charge in [-0.3, -0.25) is 19.0 Å². The molecule has 0 bridgehead atoms.